The molecule has 1 aromatic rings. The fraction of sp³-hybridized carbons (Fsp3) is 0.125. The number of nitrogens with one attached hydrogen (secondary N) is 3. The van der Waals surface area contributed by atoms with Crippen LogP contribution in [0.2, 0.25) is 0 Å². The molecule has 0 aliphatic rings. The van der Waals surface area contributed by atoms with Crippen LogP contribution in [0.5, 0.6) is 0 Å². The van der Waals surface area contributed by atoms with Gasteiger partial charge in [0.25, 0.3) is 0 Å². The normalized spacial score (nSPS) is 9.57. The number of nitrogens with two attached hydrogens (primary N) is 1. The minimum Gasteiger partial charge on any atom is -0.300 e. The van der Waals surface area contributed by atoms with Gasteiger partial charge in [0.05, 0.1) is 0 Å². The van der Waals surface area contributed by atoms with Crippen molar-refractivity contribution >= 4 is 17.3 Å². The maximum atomic E-state index is 13.1. The molecule has 0 aliphatic carbocycles. The Bertz CT molecular complexity index is 318. The van der Waals surface area contributed by atoms with Gasteiger partial charge in [0.1, 0.15) is 5.82 Å². The second kappa shape index (κ2) is 5.48. The molecule has 14 heavy (non-hydrogen) atoms. The molecule has 6 heteroatoms. The van der Waals surface area contributed by atoms with Crippen LogP contribution in [0.3, 0.4) is 0 Å². The molecule has 0 heterocycles. The molecule has 0 amide bonds. The third-order valence-electron chi connectivity index (χ3n) is 1.57. The minimum atomic E-state index is -0.256. The zero-order valence-corrected chi connectivity index (χ0v) is 8.20. The highest BCUT2D eigenvalue weighted by molar-refractivity contribution is 7.80. The highest BCUT2D eigenvalue weighted by Gasteiger charge is 1.99. The Kier molecular flexibility index (Phi) is 4.24. The fourth-order valence-corrected chi connectivity index (χ4v) is 0.970. The molecule has 0 aromatic heterocycles. The van der Waals surface area contributed by atoms with Crippen molar-refractivity contribution in [1.82, 2.24) is 16.3 Å². The van der Waals surface area contributed by atoms with Gasteiger partial charge in [-0.15, -0.1) is 0 Å². The first kappa shape index (κ1) is 10.8. The maximum absolute atomic E-state index is 13.1. The SMILES string of the molecule is NNC(=S)NNCc1ccccc1F. The van der Waals surface area contributed by atoms with Gasteiger partial charge in [0.15, 0.2) is 5.11 Å². The number of hydrogen-bond donors (Lipinski definition) is 4. The molecule has 0 fully saturated rings. The quantitative estimate of drug-likeness (QED) is 0.328. The van der Waals surface area contributed by atoms with Gasteiger partial charge >= 0.3 is 0 Å². The first-order valence-electron chi connectivity index (χ1n) is 3.97. The van der Waals surface area contributed by atoms with Gasteiger partial charge in [-0.05, 0) is 18.3 Å². The number of hydrogen-bond acceptors (Lipinski definition) is 3. The van der Waals surface area contributed by atoms with Crippen LogP contribution < -0.4 is 22.1 Å². The van der Waals surface area contributed by atoms with Crippen LogP contribution in [-0.2, 0) is 6.54 Å². The van der Waals surface area contributed by atoms with Crippen LogP contribution in [0.25, 0.3) is 0 Å². The predicted molar refractivity (Wildman–Crippen MR) is 56.3 cm³/mol. The first-order chi connectivity index (χ1) is 6.74. The van der Waals surface area contributed by atoms with Crippen molar-refractivity contribution in [3.63, 3.8) is 0 Å². The molecule has 5 N–H and O–H groups in total. The number of halogens is 1. The molecule has 76 valence electrons. The van der Waals surface area contributed by atoms with Gasteiger partial charge in [0, 0.05) is 12.1 Å². The second-order valence-corrected chi connectivity index (χ2v) is 2.95. The van der Waals surface area contributed by atoms with Crippen LogP contribution in [-0.4, -0.2) is 5.11 Å². The van der Waals surface area contributed by atoms with Crippen LogP contribution in [0.4, 0.5) is 4.39 Å². The summed E-state index contributed by atoms with van der Waals surface area (Å²) in [6.07, 6.45) is 0. The molecule has 4 nitrogen and oxygen atoms in total. The molecular weight excluding hydrogens is 203 g/mol. The molecule has 0 atom stereocenters. The lowest BCUT2D eigenvalue weighted by molar-refractivity contribution is 0.575. The summed E-state index contributed by atoms with van der Waals surface area (Å²) in [6, 6.07) is 6.48. The Labute approximate surface area is 86.6 Å². The van der Waals surface area contributed by atoms with Crippen LogP contribution in [0.1, 0.15) is 5.56 Å². The fourth-order valence-electron chi connectivity index (χ4n) is 0.898. The smallest absolute Gasteiger partial charge is 0.195 e. The van der Waals surface area contributed by atoms with E-state index in [0.717, 1.165) is 0 Å². The van der Waals surface area contributed by atoms with Gasteiger partial charge in [0.2, 0.25) is 0 Å². The van der Waals surface area contributed by atoms with Crippen LogP contribution in [0.15, 0.2) is 24.3 Å². The summed E-state index contributed by atoms with van der Waals surface area (Å²) >= 11 is 4.70. The number of benzene rings is 1. The molecular formula is C8H11FN4S. The Morgan fingerprint density at radius 1 is 1.43 bits per heavy atom. The van der Waals surface area contributed by atoms with Crippen molar-refractivity contribution in [1.29, 1.82) is 0 Å². The van der Waals surface area contributed by atoms with Crippen molar-refractivity contribution in [3.8, 4) is 0 Å². The summed E-state index contributed by atoms with van der Waals surface area (Å²) in [4.78, 5) is 0. The average Bonchev–Trinajstić information content (AvgIpc) is 2.20. The molecule has 1 aromatic carbocycles. The monoisotopic (exact) mass is 214 g/mol. The Morgan fingerprint density at radius 2 is 2.14 bits per heavy atom. The molecule has 0 unspecified atom stereocenters. The van der Waals surface area contributed by atoms with E-state index < -0.39 is 0 Å². The highest BCUT2D eigenvalue weighted by Crippen LogP contribution is 2.04. The van der Waals surface area contributed by atoms with Gasteiger partial charge in [-0.25, -0.2) is 15.7 Å². The minimum absolute atomic E-state index is 0.251. The maximum Gasteiger partial charge on any atom is 0.195 e. The summed E-state index contributed by atoms with van der Waals surface area (Å²) < 4.78 is 13.1. The molecule has 0 aliphatic heterocycles. The summed E-state index contributed by atoms with van der Waals surface area (Å²) in [5.74, 6) is 4.76. The van der Waals surface area contributed by atoms with Crippen LogP contribution >= 0.6 is 12.2 Å². The summed E-state index contributed by atoms with van der Waals surface area (Å²) in [7, 11) is 0. The third-order valence-corrected chi connectivity index (χ3v) is 1.79. The van der Waals surface area contributed by atoms with E-state index in [1.54, 1.807) is 18.2 Å². The Balaban J connectivity index is 2.39. The van der Waals surface area contributed by atoms with Crippen molar-refractivity contribution in [2.45, 2.75) is 6.54 Å². The molecule has 1 rings (SSSR count). The Hall–Kier alpha value is -1.24. The van der Waals surface area contributed by atoms with Gasteiger partial charge in [-0.2, -0.15) is 0 Å². The molecule has 0 saturated carbocycles. The standard InChI is InChI=1S/C8H11FN4S/c9-7-4-2-1-3-6(7)5-11-13-8(14)12-10/h1-4,11H,5,10H2,(H2,12,13,14). The van der Waals surface area contributed by atoms with Crippen molar-refractivity contribution in [3.05, 3.63) is 35.6 Å². The summed E-state index contributed by atoms with van der Waals surface area (Å²) in [6.45, 7) is 0.328. The van der Waals surface area contributed by atoms with E-state index in [0.29, 0.717) is 12.1 Å². The molecule has 0 radical (unpaired) electrons. The third kappa shape index (κ3) is 3.25. The van der Waals surface area contributed by atoms with E-state index in [9.17, 15) is 4.39 Å². The zero-order valence-electron chi connectivity index (χ0n) is 7.38. The summed E-state index contributed by atoms with van der Waals surface area (Å²) in [5.41, 5.74) is 8.09. The first-order valence-corrected chi connectivity index (χ1v) is 4.37. The van der Waals surface area contributed by atoms with Crippen molar-refractivity contribution < 1.29 is 4.39 Å². The summed E-state index contributed by atoms with van der Waals surface area (Å²) in [5, 5.41) is 0.251. The van der Waals surface area contributed by atoms with E-state index in [4.69, 9.17) is 18.1 Å². The van der Waals surface area contributed by atoms with E-state index in [-0.39, 0.29) is 10.9 Å². The van der Waals surface area contributed by atoms with E-state index in [2.05, 4.69) is 16.3 Å². The number of thiocarbonyl (C=S) groups is 1. The van der Waals surface area contributed by atoms with Gasteiger partial charge in [-0.1, -0.05) is 18.2 Å². The largest absolute Gasteiger partial charge is 0.300 e. The lowest BCUT2D eigenvalue weighted by Gasteiger charge is -2.08. The van der Waals surface area contributed by atoms with Crippen LogP contribution in [0, 0.1) is 5.82 Å². The number of rotatable bonds is 3. The van der Waals surface area contributed by atoms with Gasteiger partial charge < -0.3 is 0 Å². The highest BCUT2D eigenvalue weighted by atomic mass is 32.1. The topological polar surface area (TPSA) is 62.1 Å². The van der Waals surface area contributed by atoms with E-state index in [1.807, 2.05) is 0 Å². The predicted octanol–water partition coefficient (Wildman–Crippen LogP) is 0.168. The van der Waals surface area contributed by atoms with E-state index in [1.165, 1.54) is 6.07 Å². The number of hydrazine groups is 2. The lowest BCUT2D eigenvalue weighted by Crippen LogP contribution is -2.46. The van der Waals surface area contributed by atoms with Crippen molar-refractivity contribution in [2.75, 3.05) is 0 Å². The molecule has 0 spiro atoms. The average molecular weight is 214 g/mol. The zero-order chi connectivity index (χ0) is 10.4. The lowest BCUT2D eigenvalue weighted by atomic mass is 10.2. The van der Waals surface area contributed by atoms with Gasteiger partial charge in [-0.3, -0.25) is 10.9 Å². The molecule has 0 bridgehead atoms. The molecule has 0 saturated heterocycles. The second-order valence-electron chi connectivity index (χ2n) is 2.54. The Morgan fingerprint density at radius 3 is 2.79 bits per heavy atom. The van der Waals surface area contributed by atoms with E-state index >= 15 is 0 Å². The van der Waals surface area contributed by atoms with Crippen molar-refractivity contribution in [2.24, 2.45) is 5.84 Å².